The van der Waals surface area contributed by atoms with E-state index in [1.807, 2.05) is 54.6 Å². The van der Waals surface area contributed by atoms with E-state index in [1.165, 1.54) is 4.80 Å². The minimum atomic E-state index is -0.225. The number of carbonyl (C=O) groups excluding carboxylic acids is 1. The standard InChI is InChI=1S/C19H19N5O3/c1-23(11-15-13-26-16-9-5-6-10-17(16)27-15)18(25)12-24-21-19(20-22-24)14-7-3-2-4-8-14/h2-10,15H,11-13H2,1H3/t15-/m1/s1. The van der Waals surface area contributed by atoms with Crippen LogP contribution in [0.3, 0.4) is 0 Å². The Morgan fingerprint density at radius 2 is 1.89 bits per heavy atom. The van der Waals surface area contributed by atoms with Crippen LogP contribution in [0.5, 0.6) is 11.5 Å². The lowest BCUT2D eigenvalue weighted by molar-refractivity contribution is -0.132. The first-order chi connectivity index (χ1) is 13.2. The molecule has 0 saturated heterocycles. The number of para-hydroxylation sites is 2. The van der Waals surface area contributed by atoms with Crippen LogP contribution in [0.25, 0.3) is 11.4 Å². The van der Waals surface area contributed by atoms with E-state index in [1.54, 1.807) is 11.9 Å². The molecule has 8 heteroatoms. The van der Waals surface area contributed by atoms with Gasteiger partial charge < -0.3 is 14.4 Å². The van der Waals surface area contributed by atoms with Gasteiger partial charge in [-0.25, -0.2) is 0 Å². The van der Waals surface area contributed by atoms with Crippen LogP contribution in [0, 0.1) is 0 Å². The van der Waals surface area contributed by atoms with E-state index in [0.29, 0.717) is 24.7 Å². The molecular formula is C19H19N5O3. The highest BCUT2D eigenvalue weighted by Gasteiger charge is 2.24. The minimum Gasteiger partial charge on any atom is -0.486 e. The van der Waals surface area contributed by atoms with Crippen molar-refractivity contribution >= 4 is 5.91 Å². The Bertz CT molecular complexity index is 928. The Morgan fingerprint density at radius 1 is 1.15 bits per heavy atom. The van der Waals surface area contributed by atoms with Crippen LogP contribution in [-0.2, 0) is 11.3 Å². The summed E-state index contributed by atoms with van der Waals surface area (Å²) in [5.41, 5.74) is 0.857. The Kier molecular flexibility index (Phi) is 4.69. The van der Waals surface area contributed by atoms with Gasteiger partial charge in [-0.2, -0.15) is 4.80 Å². The van der Waals surface area contributed by atoms with Crippen LogP contribution < -0.4 is 9.47 Å². The number of benzene rings is 2. The van der Waals surface area contributed by atoms with Crippen LogP contribution in [0.1, 0.15) is 0 Å². The van der Waals surface area contributed by atoms with E-state index in [-0.39, 0.29) is 18.6 Å². The lowest BCUT2D eigenvalue weighted by Crippen LogP contribution is -2.43. The fourth-order valence-electron chi connectivity index (χ4n) is 2.82. The molecule has 0 saturated carbocycles. The largest absolute Gasteiger partial charge is 0.486 e. The van der Waals surface area contributed by atoms with E-state index >= 15 is 0 Å². The number of hydrogen-bond acceptors (Lipinski definition) is 6. The predicted molar refractivity (Wildman–Crippen MR) is 97.2 cm³/mol. The number of likely N-dealkylation sites (N-methyl/N-ethyl adjacent to an activating group) is 1. The van der Waals surface area contributed by atoms with Gasteiger partial charge in [0, 0.05) is 12.6 Å². The van der Waals surface area contributed by atoms with Crippen LogP contribution in [0.4, 0.5) is 0 Å². The lowest BCUT2D eigenvalue weighted by atomic mass is 10.2. The van der Waals surface area contributed by atoms with E-state index in [9.17, 15) is 4.79 Å². The number of hydrogen-bond donors (Lipinski definition) is 0. The maximum Gasteiger partial charge on any atom is 0.246 e. The molecule has 0 N–H and O–H groups in total. The summed E-state index contributed by atoms with van der Waals surface area (Å²) in [6.07, 6.45) is -0.225. The second-order valence-corrected chi connectivity index (χ2v) is 6.28. The minimum absolute atomic E-state index is 0.0144. The van der Waals surface area contributed by atoms with E-state index in [0.717, 1.165) is 11.3 Å². The Morgan fingerprint density at radius 3 is 2.70 bits per heavy atom. The third-order valence-corrected chi connectivity index (χ3v) is 4.23. The van der Waals surface area contributed by atoms with Gasteiger partial charge in [0.25, 0.3) is 0 Å². The predicted octanol–water partition coefficient (Wildman–Crippen LogP) is 1.64. The molecule has 1 aliphatic heterocycles. The van der Waals surface area contributed by atoms with Gasteiger partial charge in [0.2, 0.25) is 11.7 Å². The van der Waals surface area contributed by atoms with Gasteiger partial charge in [-0.05, 0) is 17.3 Å². The summed E-state index contributed by atoms with van der Waals surface area (Å²) in [5, 5.41) is 12.2. The van der Waals surface area contributed by atoms with Crippen LogP contribution in [0.15, 0.2) is 54.6 Å². The molecule has 2 heterocycles. The van der Waals surface area contributed by atoms with Crippen molar-refractivity contribution in [1.82, 2.24) is 25.1 Å². The molecule has 0 fully saturated rings. The topological polar surface area (TPSA) is 82.4 Å². The Labute approximate surface area is 156 Å². The normalized spacial score (nSPS) is 15.4. The Balaban J connectivity index is 1.34. The first kappa shape index (κ1) is 17.0. The first-order valence-corrected chi connectivity index (χ1v) is 8.65. The van der Waals surface area contributed by atoms with Crippen LogP contribution >= 0.6 is 0 Å². The second-order valence-electron chi connectivity index (χ2n) is 6.28. The average Bonchev–Trinajstić information content (AvgIpc) is 3.17. The zero-order chi connectivity index (χ0) is 18.6. The van der Waals surface area contributed by atoms with Gasteiger partial charge >= 0.3 is 0 Å². The average molecular weight is 365 g/mol. The lowest BCUT2D eigenvalue weighted by Gasteiger charge is -2.29. The smallest absolute Gasteiger partial charge is 0.246 e. The highest BCUT2D eigenvalue weighted by Crippen LogP contribution is 2.30. The van der Waals surface area contributed by atoms with Gasteiger partial charge in [0.05, 0.1) is 6.54 Å². The summed E-state index contributed by atoms with van der Waals surface area (Å²) >= 11 is 0. The van der Waals surface area contributed by atoms with E-state index < -0.39 is 0 Å². The number of tetrazole rings is 1. The maximum atomic E-state index is 12.5. The molecule has 1 aromatic heterocycles. The molecule has 27 heavy (non-hydrogen) atoms. The maximum absolute atomic E-state index is 12.5. The molecular weight excluding hydrogens is 346 g/mol. The van der Waals surface area contributed by atoms with Crippen LogP contribution in [0.2, 0.25) is 0 Å². The number of ether oxygens (including phenoxy) is 2. The zero-order valence-electron chi connectivity index (χ0n) is 14.9. The number of amides is 1. The monoisotopic (exact) mass is 365 g/mol. The van der Waals surface area contributed by atoms with Crippen molar-refractivity contribution in [3.05, 3.63) is 54.6 Å². The molecule has 8 nitrogen and oxygen atoms in total. The molecule has 3 aromatic rings. The van der Waals surface area contributed by atoms with Crippen molar-refractivity contribution < 1.29 is 14.3 Å². The molecule has 0 bridgehead atoms. The fraction of sp³-hybridized carbons (Fsp3) is 0.263. The summed E-state index contributed by atoms with van der Waals surface area (Å²) in [4.78, 5) is 15.4. The second kappa shape index (κ2) is 7.45. The molecule has 1 aliphatic rings. The summed E-state index contributed by atoms with van der Waals surface area (Å²) in [7, 11) is 1.72. The SMILES string of the molecule is CN(C[C@@H]1COc2ccccc2O1)C(=O)Cn1nnc(-c2ccccc2)n1. The summed E-state index contributed by atoms with van der Waals surface area (Å²) in [6, 6.07) is 17.0. The number of nitrogens with zero attached hydrogens (tertiary/aromatic N) is 5. The number of rotatable bonds is 5. The zero-order valence-corrected chi connectivity index (χ0v) is 14.9. The first-order valence-electron chi connectivity index (χ1n) is 8.65. The molecule has 0 spiro atoms. The molecule has 1 atom stereocenters. The van der Waals surface area contributed by atoms with E-state index in [4.69, 9.17) is 9.47 Å². The molecule has 0 unspecified atom stereocenters. The highest BCUT2D eigenvalue weighted by molar-refractivity contribution is 5.75. The van der Waals surface area contributed by atoms with Crippen molar-refractivity contribution in [2.75, 3.05) is 20.2 Å². The third kappa shape index (κ3) is 3.89. The van der Waals surface area contributed by atoms with Crippen LogP contribution in [-0.4, -0.2) is 57.3 Å². The Hall–Kier alpha value is -3.42. The molecule has 138 valence electrons. The summed E-state index contributed by atoms with van der Waals surface area (Å²) in [5.74, 6) is 1.78. The fourth-order valence-corrected chi connectivity index (χ4v) is 2.82. The third-order valence-electron chi connectivity index (χ3n) is 4.23. The summed E-state index contributed by atoms with van der Waals surface area (Å²) in [6.45, 7) is 0.822. The van der Waals surface area contributed by atoms with Gasteiger partial charge in [-0.3, -0.25) is 4.79 Å². The van der Waals surface area contributed by atoms with Gasteiger partial charge in [-0.1, -0.05) is 42.5 Å². The van der Waals surface area contributed by atoms with Crippen molar-refractivity contribution in [2.24, 2.45) is 0 Å². The molecule has 4 rings (SSSR count). The van der Waals surface area contributed by atoms with Crippen molar-refractivity contribution in [2.45, 2.75) is 12.6 Å². The van der Waals surface area contributed by atoms with E-state index in [2.05, 4.69) is 15.4 Å². The van der Waals surface area contributed by atoms with Gasteiger partial charge in [0.15, 0.2) is 17.6 Å². The number of carbonyl (C=O) groups is 1. The number of fused-ring (bicyclic) bond motifs is 1. The van der Waals surface area contributed by atoms with Crippen molar-refractivity contribution in [3.8, 4) is 22.9 Å². The van der Waals surface area contributed by atoms with Crippen molar-refractivity contribution in [3.63, 3.8) is 0 Å². The molecule has 0 radical (unpaired) electrons. The molecule has 0 aliphatic carbocycles. The molecule has 2 aromatic carbocycles. The van der Waals surface area contributed by atoms with Crippen molar-refractivity contribution in [1.29, 1.82) is 0 Å². The quantitative estimate of drug-likeness (QED) is 0.684. The van der Waals surface area contributed by atoms with Gasteiger partial charge in [-0.15, -0.1) is 10.2 Å². The van der Waals surface area contributed by atoms with Gasteiger partial charge in [0.1, 0.15) is 13.2 Å². The highest BCUT2D eigenvalue weighted by atomic mass is 16.6. The molecule has 1 amide bonds. The number of aromatic nitrogens is 4. The summed E-state index contributed by atoms with van der Waals surface area (Å²) < 4.78 is 11.6.